The van der Waals surface area contributed by atoms with Gasteiger partial charge in [-0.2, -0.15) is 4.98 Å². The molecule has 0 aliphatic rings. The molecule has 1 atom stereocenters. The van der Waals surface area contributed by atoms with E-state index in [1.807, 2.05) is 26.0 Å². The topological polar surface area (TPSA) is 77.8 Å². The molecule has 0 spiro atoms. The van der Waals surface area contributed by atoms with Gasteiger partial charge in [-0.25, -0.2) is 0 Å². The molecule has 0 aromatic carbocycles. The van der Waals surface area contributed by atoms with Crippen LogP contribution in [0.2, 0.25) is 0 Å². The lowest BCUT2D eigenvalue weighted by molar-refractivity contribution is 0.346. The zero-order valence-corrected chi connectivity index (χ0v) is 11.7. The monoisotopic (exact) mass is 260 g/mol. The summed E-state index contributed by atoms with van der Waals surface area (Å²) in [6, 6.07) is 3.71. The van der Waals surface area contributed by atoms with Crippen LogP contribution in [0.3, 0.4) is 0 Å². The quantitative estimate of drug-likeness (QED) is 0.894. The Morgan fingerprint density at radius 1 is 1.21 bits per heavy atom. The van der Waals surface area contributed by atoms with Crippen molar-refractivity contribution in [2.24, 2.45) is 5.73 Å². The maximum atomic E-state index is 6.02. The Morgan fingerprint density at radius 3 is 2.53 bits per heavy atom. The van der Waals surface area contributed by atoms with Crippen LogP contribution in [0, 0.1) is 13.8 Å². The number of hydrogen-bond donors (Lipinski definition) is 1. The molecule has 5 heteroatoms. The normalized spacial score (nSPS) is 12.6. The van der Waals surface area contributed by atoms with E-state index in [0.717, 1.165) is 36.2 Å². The standard InChI is InChI=1S/C14H20N4O/c1-4-5-6-12(15)14-17-13(18-19-14)11-7-9(2)16-10(3)8-11/h7-8,12H,4-6,15H2,1-3H3/t12-/m0/s1. The van der Waals surface area contributed by atoms with Gasteiger partial charge in [-0.15, -0.1) is 0 Å². The van der Waals surface area contributed by atoms with E-state index in [1.54, 1.807) is 0 Å². The number of rotatable bonds is 5. The third kappa shape index (κ3) is 3.38. The Hall–Kier alpha value is -1.75. The van der Waals surface area contributed by atoms with Crippen LogP contribution >= 0.6 is 0 Å². The van der Waals surface area contributed by atoms with E-state index in [9.17, 15) is 0 Å². The van der Waals surface area contributed by atoms with Crippen molar-refractivity contribution in [2.75, 3.05) is 0 Å². The fourth-order valence-corrected chi connectivity index (χ4v) is 2.01. The number of unbranched alkanes of at least 4 members (excludes halogenated alkanes) is 1. The molecule has 0 unspecified atom stereocenters. The van der Waals surface area contributed by atoms with Gasteiger partial charge in [0.2, 0.25) is 11.7 Å². The highest BCUT2D eigenvalue weighted by Gasteiger charge is 2.15. The second-order valence-corrected chi connectivity index (χ2v) is 4.84. The molecule has 0 saturated heterocycles. The summed E-state index contributed by atoms with van der Waals surface area (Å²) in [5.74, 6) is 1.09. The molecule has 2 heterocycles. The molecule has 0 aliphatic heterocycles. The average molecular weight is 260 g/mol. The van der Waals surface area contributed by atoms with E-state index in [2.05, 4.69) is 22.0 Å². The molecule has 2 aromatic rings. The summed E-state index contributed by atoms with van der Waals surface area (Å²) in [4.78, 5) is 8.72. The minimum Gasteiger partial charge on any atom is -0.337 e. The minimum atomic E-state index is -0.176. The number of aryl methyl sites for hydroxylation is 2. The molecule has 2 aromatic heterocycles. The molecule has 5 nitrogen and oxygen atoms in total. The van der Waals surface area contributed by atoms with Crippen LogP contribution in [0.15, 0.2) is 16.7 Å². The van der Waals surface area contributed by atoms with E-state index in [4.69, 9.17) is 10.3 Å². The fourth-order valence-electron chi connectivity index (χ4n) is 2.01. The highest BCUT2D eigenvalue weighted by atomic mass is 16.5. The van der Waals surface area contributed by atoms with Crippen LogP contribution in [0.25, 0.3) is 11.4 Å². The van der Waals surface area contributed by atoms with Gasteiger partial charge in [0.25, 0.3) is 0 Å². The van der Waals surface area contributed by atoms with Crippen molar-refractivity contribution in [3.05, 3.63) is 29.4 Å². The molecule has 0 amide bonds. The van der Waals surface area contributed by atoms with E-state index >= 15 is 0 Å². The van der Waals surface area contributed by atoms with Crippen LogP contribution in [-0.4, -0.2) is 15.1 Å². The lowest BCUT2D eigenvalue weighted by Crippen LogP contribution is -2.10. The number of nitrogens with zero attached hydrogens (tertiary/aromatic N) is 3. The highest BCUT2D eigenvalue weighted by Crippen LogP contribution is 2.21. The number of hydrogen-bond acceptors (Lipinski definition) is 5. The largest absolute Gasteiger partial charge is 0.337 e. The van der Waals surface area contributed by atoms with Crippen molar-refractivity contribution in [1.29, 1.82) is 0 Å². The van der Waals surface area contributed by atoms with Gasteiger partial charge in [0, 0.05) is 17.0 Å². The van der Waals surface area contributed by atoms with Gasteiger partial charge >= 0.3 is 0 Å². The first-order chi connectivity index (χ1) is 9.10. The fraction of sp³-hybridized carbons (Fsp3) is 0.500. The summed E-state index contributed by atoms with van der Waals surface area (Å²) in [7, 11) is 0. The predicted octanol–water partition coefficient (Wildman–Crippen LogP) is 2.94. The van der Waals surface area contributed by atoms with Gasteiger partial charge in [0.15, 0.2) is 0 Å². The Kier molecular flexibility index (Phi) is 4.27. The Morgan fingerprint density at radius 2 is 1.89 bits per heavy atom. The van der Waals surface area contributed by atoms with Gasteiger partial charge in [0.1, 0.15) is 0 Å². The van der Waals surface area contributed by atoms with Crippen molar-refractivity contribution >= 4 is 0 Å². The molecule has 102 valence electrons. The summed E-state index contributed by atoms with van der Waals surface area (Å²) in [5.41, 5.74) is 8.83. The molecule has 0 fully saturated rings. The van der Waals surface area contributed by atoms with Crippen molar-refractivity contribution in [2.45, 2.75) is 46.1 Å². The SMILES string of the molecule is CCCC[C@H](N)c1nc(-c2cc(C)nc(C)c2)no1. The highest BCUT2D eigenvalue weighted by molar-refractivity contribution is 5.55. The number of aromatic nitrogens is 3. The van der Waals surface area contributed by atoms with E-state index in [1.165, 1.54) is 0 Å². The summed E-state index contributed by atoms with van der Waals surface area (Å²) in [6.07, 6.45) is 3.04. The van der Waals surface area contributed by atoms with Crippen LogP contribution in [0.4, 0.5) is 0 Å². The first kappa shape index (κ1) is 13.7. The van der Waals surface area contributed by atoms with Crippen LogP contribution < -0.4 is 5.73 Å². The summed E-state index contributed by atoms with van der Waals surface area (Å²) in [5, 5.41) is 4.00. The zero-order valence-electron chi connectivity index (χ0n) is 11.7. The molecular weight excluding hydrogens is 240 g/mol. The van der Waals surface area contributed by atoms with Gasteiger partial charge in [-0.05, 0) is 32.4 Å². The summed E-state index contributed by atoms with van der Waals surface area (Å²) < 4.78 is 5.25. The van der Waals surface area contributed by atoms with Crippen molar-refractivity contribution in [3.8, 4) is 11.4 Å². The molecule has 2 rings (SSSR count). The van der Waals surface area contributed by atoms with E-state index in [-0.39, 0.29) is 6.04 Å². The molecule has 19 heavy (non-hydrogen) atoms. The van der Waals surface area contributed by atoms with Crippen LogP contribution in [0.5, 0.6) is 0 Å². The molecule has 0 bridgehead atoms. The Balaban J connectivity index is 2.20. The second kappa shape index (κ2) is 5.93. The minimum absolute atomic E-state index is 0.176. The van der Waals surface area contributed by atoms with E-state index < -0.39 is 0 Å². The first-order valence-corrected chi connectivity index (χ1v) is 6.65. The second-order valence-electron chi connectivity index (χ2n) is 4.84. The number of nitrogens with two attached hydrogens (primary N) is 1. The van der Waals surface area contributed by atoms with Crippen molar-refractivity contribution in [3.63, 3.8) is 0 Å². The van der Waals surface area contributed by atoms with Crippen molar-refractivity contribution < 1.29 is 4.52 Å². The molecule has 0 aliphatic carbocycles. The average Bonchev–Trinajstić information content (AvgIpc) is 2.84. The Labute approximate surface area is 113 Å². The van der Waals surface area contributed by atoms with Gasteiger partial charge in [-0.1, -0.05) is 24.9 Å². The summed E-state index contributed by atoms with van der Waals surface area (Å²) >= 11 is 0. The zero-order chi connectivity index (χ0) is 13.8. The Bertz CT molecular complexity index is 530. The molecular formula is C14H20N4O. The lowest BCUT2D eigenvalue weighted by Gasteiger charge is -2.03. The maximum Gasteiger partial charge on any atom is 0.243 e. The van der Waals surface area contributed by atoms with Gasteiger partial charge in [0.05, 0.1) is 6.04 Å². The molecule has 0 radical (unpaired) electrons. The summed E-state index contributed by atoms with van der Waals surface area (Å²) in [6.45, 7) is 6.03. The van der Waals surface area contributed by atoms with E-state index in [0.29, 0.717) is 11.7 Å². The third-order valence-electron chi connectivity index (χ3n) is 2.97. The van der Waals surface area contributed by atoms with Crippen LogP contribution in [0.1, 0.15) is 49.5 Å². The predicted molar refractivity (Wildman–Crippen MR) is 73.5 cm³/mol. The third-order valence-corrected chi connectivity index (χ3v) is 2.97. The molecule has 2 N–H and O–H groups in total. The van der Waals surface area contributed by atoms with Gasteiger partial charge in [-0.3, -0.25) is 4.98 Å². The molecule has 0 saturated carbocycles. The first-order valence-electron chi connectivity index (χ1n) is 6.65. The maximum absolute atomic E-state index is 6.02. The lowest BCUT2D eigenvalue weighted by atomic mass is 10.1. The van der Waals surface area contributed by atoms with Crippen LogP contribution in [-0.2, 0) is 0 Å². The van der Waals surface area contributed by atoms with Gasteiger partial charge < -0.3 is 10.3 Å². The smallest absolute Gasteiger partial charge is 0.243 e. The van der Waals surface area contributed by atoms with Crippen molar-refractivity contribution in [1.82, 2.24) is 15.1 Å². The number of pyridine rings is 1.